The van der Waals surface area contributed by atoms with Crippen molar-refractivity contribution < 1.29 is 23.9 Å². The van der Waals surface area contributed by atoms with Gasteiger partial charge in [0.2, 0.25) is 0 Å². The maximum atomic E-state index is 12.2. The van der Waals surface area contributed by atoms with Gasteiger partial charge in [0.15, 0.2) is 10.8 Å². The molecule has 2 heterocycles. The smallest absolute Gasteiger partial charge is 0.356 e. The van der Waals surface area contributed by atoms with Crippen LogP contribution in [0.1, 0.15) is 40.5 Å². The van der Waals surface area contributed by atoms with Crippen LogP contribution in [-0.4, -0.2) is 45.8 Å². The first-order valence-electron chi connectivity index (χ1n) is 7.57. The summed E-state index contributed by atoms with van der Waals surface area (Å²) < 4.78 is 11.0. The van der Waals surface area contributed by atoms with Gasteiger partial charge in [0.05, 0.1) is 25.3 Å². The molecule has 9 nitrogen and oxygen atoms in total. The summed E-state index contributed by atoms with van der Waals surface area (Å²) in [6, 6.07) is 1.35. The highest BCUT2D eigenvalue weighted by molar-refractivity contribution is 7.14. The fourth-order valence-corrected chi connectivity index (χ4v) is 2.65. The topological polar surface area (TPSA) is 112 Å². The molecular formula is C15H18N4O5S. The summed E-state index contributed by atoms with van der Waals surface area (Å²) in [5.74, 6) is -1.44. The number of carbonyl (C=O) groups excluding carboxylic acids is 3. The van der Waals surface area contributed by atoms with E-state index in [0.29, 0.717) is 17.4 Å². The molecule has 0 spiro atoms. The number of rotatable bonds is 7. The van der Waals surface area contributed by atoms with E-state index in [-0.39, 0.29) is 30.4 Å². The molecule has 0 aliphatic carbocycles. The molecule has 0 unspecified atom stereocenters. The van der Waals surface area contributed by atoms with Crippen molar-refractivity contribution in [1.29, 1.82) is 0 Å². The van der Waals surface area contributed by atoms with Crippen LogP contribution in [0.15, 0.2) is 11.4 Å². The summed E-state index contributed by atoms with van der Waals surface area (Å²) in [7, 11) is 1.55. The van der Waals surface area contributed by atoms with Gasteiger partial charge >= 0.3 is 11.9 Å². The third kappa shape index (κ3) is 4.86. The fraction of sp³-hybridized carbons (Fsp3) is 0.400. The average molecular weight is 366 g/mol. The number of aromatic nitrogens is 3. The van der Waals surface area contributed by atoms with Gasteiger partial charge in [0.25, 0.3) is 5.91 Å². The highest BCUT2D eigenvalue weighted by Crippen LogP contribution is 2.17. The molecule has 2 aromatic rings. The van der Waals surface area contributed by atoms with Crippen LogP contribution in [0.4, 0.5) is 5.13 Å². The van der Waals surface area contributed by atoms with E-state index >= 15 is 0 Å². The van der Waals surface area contributed by atoms with Gasteiger partial charge in [-0.3, -0.25) is 19.6 Å². The number of nitrogens with zero attached hydrogens (tertiary/aromatic N) is 3. The number of aryl methyl sites for hydroxylation is 1. The Morgan fingerprint density at radius 3 is 2.64 bits per heavy atom. The van der Waals surface area contributed by atoms with Crippen molar-refractivity contribution in [3.63, 3.8) is 0 Å². The van der Waals surface area contributed by atoms with Gasteiger partial charge in [-0.2, -0.15) is 5.10 Å². The Hall–Kier alpha value is -2.75. The third-order valence-corrected chi connectivity index (χ3v) is 3.81. The second-order valence-electron chi connectivity index (χ2n) is 4.84. The average Bonchev–Trinajstić information content (AvgIpc) is 3.14. The number of ether oxygens (including phenoxy) is 2. The Bertz CT molecular complexity index is 783. The van der Waals surface area contributed by atoms with E-state index in [0.717, 1.165) is 0 Å². The van der Waals surface area contributed by atoms with E-state index in [1.54, 1.807) is 26.3 Å². The van der Waals surface area contributed by atoms with Crippen molar-refractivity contribution in [2.75, 3.05) is 18.5 Å². The minimum atomic E-state index is -0.553. The molecule has 0 radical (unpaired) electrons. The van der Waals surface area contributed by atoms with Crippen LogP contribution < -0.4 is 5.32 Å². The number of amides is 1. The molecule has 0 atom stereocenters. The molecule has 134 valence electrons. The molecule has 0 aliphatic heterocycles. The van der Waals surface area contributed by atoms with Crippen LogP contribution in [-0.2, 0) is 27.7 Å². The summed E-state index contributed by atoms with van der Waals surface area (Å²) in [6.45, 7) is 3.95. The second kappa shape index (κ2) is 8.38. The lowest BCUT2D eigenvalue weighted by molar-refractivity contribution is -0.142. The lowest BCUT2D eigenvalue weighted by Gasteiger charge is -1.99. The van der Waals surface area contributed by atoms with E-state index in [4.69, 9.17) is 9.47 Å². The molecule has 2 rings (SSSR count). The van der Waals surface area contributed by atoms with Gasteiger partial charge in [-0.1, -0.05) is 0 Å². The Labute approximate surface area is 148 Å². The number of carbonyl (C=O) groups is 3. The molecule has 10 heteroatoms. The molecule has 0 aromatic carbocycles. The second-order valence-corrected chi connectivity index (χ2v) is 5.70. The first-order chi connectivity index (χ1) is 11.9. The van der Waals surface area contributed by atoms with Crippen LogP contribution in [0, 0.1) is 0 Å². The van der Waals surface area contributed by atoms with E-state index in [1.165, 1.54) is 22.1 Å². The number of anilines is 1. The zero-order chi connectivity index (χ0) is 18.4. The monoisotopic (exact) mass is 366 g/mol. The quantitative estimate of drug-likeness (QED) is 0.737. The molecule has 0 bridgehead atoms. The molecule has 0 saturated heterocycles. The minimum Gasteiger partial charge on any atom is -0.466 e. The van der Waals surface area contributed by atoms with Crippen molar-refractivity contribution in [2.45, 2.75) is 20.3 Å². The predicted octanol–water partition coefficient (Wildman–Crippen LogP) is 1.41. The highest BCUT2D eigenvalue weighted by Gasteiger charge is 2.19. The Morgan fingerprint density at radius 1 is 1.24 bits per heavy atom. The number of thiazole rings is 1. The largest absolute Gasteiger partial charge is 0.466 e. The van der Waals surface area contributed by atoms with Crippen LogP contribution in [0.25, 0.3) is 0 Å². The highest BCUT2D eigenvalue weighted by atomic mass is 32.1. The van der Waals surface area contributed by atoms with Gasteiger partial charge in [-0.25, -0.2) is 9.78 Å². The van der Waals surface area contributed by atoms with Crippen molar-refractivity contribution >= 4 is 34.3 Å². The standard InChI is InChI=1S/C15H18N4O5S/c1-4-23-12(20)6-9-8-25-15(16-9)17-13(21)10-7-11(19(3)18-10)14(22)24-5-2/h7-8H,4-6H2,1-3H3,(H,16,17,21). The van der Waals surface area contributed by atoms with Crippen LogP contribution in [0.3, 0.4) is 0 Å². The summed E-state index contributed by atoms with van der Waals surface area (Å²) in [5.41, 5.74) is 0.744. The van der Waals surface area contributed by atoms with Gasteiger partial charge in [0, 0.05) is 18.5 Å². The summed E-state index contributed by atoms with van der Waals surface area (Å²) >= 11 is 1.18. The van der Waals surface area contributed by atoms with E-state index in [2.05, 4.69) is 15.4 Å². The van der Waals surface area contributed by atoms with Crippen molar-refractivity contribution in [3.8, 4) is 0 Å². The maximum absolute atomic E-state index is 12.2. The number of hydrogen-bond donors (Lipinski definition) is 1. The minimum absolute atomic E-state index is 0.0385. The van der Waals surface area contributed by atoms with Crippen LogP contribution in [0.2, 0.25) is 0 Å². The summed E-state index contributed by atoms with van der Waals surface area (Å²) in [4.78, 5) is 39.6. The molecule has 1 N–H and O–H groups in total. The first kappa shape index (κ1) is 18.6. The van der Waals surface area contributed by atoms with Gasteiger partial charge < -0.3 is 9.47 Å². The molecule has 0 saturated carbocycles. The SMILES string of the molecule is CCOC(=O)Cc1csc(NC(=O)c2cc(C(=O)OCC)n(C)n2)n1. The molecule has 1 amide bonds. The first-order valence-corrected chi connectivity index (χ1v) is 8.45. The zero-order valence-electron chi connectivity index (χ0n) is 14.1. The molecule has 0 fully saturated rings. The zero-order valence-corrected chi connectivity index (χ0v) is 14.9. The fourth-order valence-electron chi connectivity index (χ4n) is 1.94. The van der Waals surface area contributed by atoms with Crippen LogP contribution in [0.5, 0.6) is 0 Å². The molecule has 25 heavy (non-hydrogen) atoms. The predicted molar refractivity (Wildman–Crippen MR) is 89.6 cm³/mol. The van der Waals surface area contributed by atoms with E-state index < -0.39 is 11.9 Å². The van der Waals surface area contributed by atoms with Gasteiger partial charge in [0.1, 0.15) is 5.69 Å². The number of nitrogens with one attached hydrogen (secondary N) is 1. The lowest BCUT2D eigenvalue weighted by atomic mass is 10.3. The van der Waals surface area contributed by atoms with Crippen LogP contribution >= 0.6 is 11.3 Å². The van der Waals surface area contributed by atoms with Crippen molar-refractivity contribution in [2.24, 2.45) is 7.05 Å². The lowest BCUT2D eigenvalue weighted by Crippen LogP contribution is -2.13. The summed E-state index contributed by atoms with van der Waals surface area (Å²) in [5, 5.41) is 8.57. The molecular weight excluding hydrogens is 348 g/mol. The Balaban J connectivity index is 2.03. The number of esters is 2. The maximum Gasteiger partial charge on any atom is 0.356 e. The normalized spacial score (nSPS) is 10.4. The Morgan fingerprint density at radius 2 is 1.96 bits per heavy atom. The molecule has 2 aromatic heterocycles. The third-order valence-electron chi connectivity index (χ3n) is 3.00. The van der Waals surface area contributed by atoms with Gasteiger partial charge in [-0.15, -0.1) is 11.3 Å². The van der Waals surface area contributed by atoms with Crippen molar-refractivity contribution in [1.82, 2.24) is 14.8 Å². The van der Waals surface area contributed by atoms with Gasteiger partial charge in [-0.05, 0) is 13.8 Å². The molecule has 0 aliphatic rings. The number of hydrogen-bond acceptors (Lipinski definition) is 8. The van der Waals surface area contributed by atoms with E-state index in [1.807, 2.05) is 0 Å². The summed E-state index contributed by atoms with van der Waals surface area (Å²) in [6.07, 6.45) is 0.0385. The van der Waals surface area contributed by atoms with Crippen molar-refractivity contribution in [3.05, 3.63) is 28.5 Å². The van der Waals surface area contributed by atoms with E-state index in [9.17, 15) is 14.4 Å². The Kier molecular flexibility index (Phi) is 6.23.